The first kappa shape index (κ1) is 17.4. The highest BCUT2D eigenvalue weighted by Crippen LogP contribution is 2.08. The molecule has 1 N–H and O–H groups in total. The van der Waals surface area contributed by atoms with Crippen LogP contribution in [0.1, 0.15) is 47.5 Å². The Kier molecular flexibility index (Phi) is 7.11. The highest BCUT2D eigenvalue weighted by atomic mass is 16.6. The standard InChI is InChI=1S/C13H23NO5/c1-6-8-9(10(15)11(16)18-7-2)14-12(17)19-13(3,4)5/h9H,6-8H2,1-5H3,(H,14,17)/t9-/m0/s1. The zero-order valence-corrected chi connectivity index (χ0v) is 12.2. The van der Waals surface area contributed by atoms with Crippen molar-refractivity contribution in [3.8, 4) is 0 Å². The first-order valence-corrected chi connectivity index (χ1v) is 6.41. The predicted octanol–water partition coefficient (Wildman–Crippen LogP) is 1.81. The summed E-state index contributed by atoms with van der Waals surface area (Å²) < 4.78 is 9.68. The summed E-state index contributed by atoms with van der Waals surface area (Å²) in [5, 5.41) is 2.40. The molecule has 0 aromatic carbocycles. The lowest BCUT2D eigenvalue weighted by atomic mass is 10.1. The van der Waals surface area contributed by atoms with E-state index < -0.39 is 29.5 Å². The van der Waals surface area contributed by atoms with Crippen LogP contribution in [0.4, 0.5) is 4.79 Å². The van der Waals surface area contributed by atoms with Crippen LogP contribution in [0.25, 0.3) is 0 Å². The first-order chi connectivity index (χ1) is 8.71. The van der Waals surface area contributed by atoms with E-state index in [0.717, 1.165) is 0 Å². The normalized spacial score (nSPS) is 12.5. The molecule has 0 aromatic heterocycles. The molecule has 6 heteroatoms. The van der Waals surface area contributed by atoms with Gasteiger partial charge in [-0.25, -0.2) is 9.59 Å². The maximum Gasteiger partial charge on any atom is 0.408 e. The Hall–Kier alpha value is -1.59. The van der Waals surface area contributed by atoms with Gasteiger partial charge in [0.1, 0.15) is 11.6 Å². The average Bonchev–Trinajstić information content (AvgIpc) is 2.25. The third-order valence-corrected chi connectivity index (χ3v) is 2.06. The van der Waals surface area contributed by atoms with Gasteiger partial charge in [-0.05, 0) is 34.1 Å². The molecule has 1 atom stereocenters. The number of amides is 1. The van der Waals surface area contributed by atoms with Gasteiger partial charge in [-0.1, -0.05) is 13.3 Å². The fourth-order valence-electron chi connectivity index (χ4n) is 1.35. The minimum atomic E-state index is -0.933. The van der Waals surface area contributed by atoms with Crippen LogP contribution < -0.4 is 5.32 Å². The molecule has 0 aliphatic carbocycles. The maximum absolute atomic E-state index is 11.8. The molecule has 0 saturated heterocycles. The van der Waals surface area contributed by atoms with E-state index in [2.05, 4.69) is 10.1 Å². The Bertz CT molecular complexity index is 332. The van der Waals surface area contributed by atoms with Crippen LogP contribution >= 0.6 is 0 Å². The van der Waals surface area contributed by atoms with Gasteiger partial charge in [0.2, 0.25) is 0 Å². The Labute approximate surface area is 113 Å². The highest BCUT2D eigenvalue weighted by molar-refractivity contribution is 6.36. The van der Waals surface area contributed by atoms with Crippen LogP contribution in [0, 0.1) is 0 Å². The van der Waals surface area contributed by atoms with Gasteiger partial charge in [0.15, 0.2) is 0 Å². The molecule has 1 amide bonds. The van der Waals surface area contributed by atoms with E-state index in [1.807, 2.05) is 6.92 Å². The van der Waals surface area contributed by atoms with Crippen LogP contribution in [-0.4, -0.2) is 36.1 Å². The van der Waals surface area contributed by atoms with Gasteiger partial charge in [0.05, 0.1) is 6.61 Å². The van der Waals surface area contributed by atoms with Crippen molar-refractivity contribution in [2.75, 3.05) is 6.61 Å². The van der Waals surface area contributed by atoms with Crippen molar-refractivity contribution < 1.29 is 23.9 Å². The molecular formula is C13H23NO5. The predicted molar refractivity (Wildman–Crippen MR) is 69.7 cm³/mol. The minimum absolute atomic E-state index is 0.121. The molecule has 0 rings (SSSR count). The number of Topliss-reactive ketones (excluding diaryl/α,β-unsaturated/α-hetero) is 1. The lowest BCUT2D eigenvalue weighted by molar-refractivity contribution is -0.154. The molecule has 0 aliphatic heterocycles. The summed E-state index contributed by atoms with van der Waals surface area (Å²) in [6.07, 6.45) is 0.284. The van der Waals surface area contributed by atoms with E-state index in [1.54, 1.807) is 27.7 Å². The number of carbonyl (C=O) groups is 3. The van der Waals surface area contributed by atoms with Crippen LogP contribution in [0.15, 0.2) is 0 Å². The molecule has 110 valence electrons. The Balaban J connectivity index is 4.60. The third-order valence-electron chi connectivity index (χ3n) is 2.06. The molecule has 0 spiro atoms. The molecule has 19 heavy (non-hydrogen) atoms. The van der Waals surface area contributed by atoms with E-state index in [9.17, 15) is 14.4 Å². The number of ether oxygens (including phenoxy) is 2. The van der Waals surface area contributed by atoms with Crippen molar-refractivity contribution >= 4 is 17.8 Å². The number of esters is 1. The summed E-state index contributed by atoms with van der Waals surface area (Å²) in [6.45, 7) is 8.73. The molecular weight excluding hydrogens is 250 g/mol. The highest BCUT2D eigenvalue weighted by Gasteiger charge is 2.29. The SMILES string of the molecule is CCC[C@H](NC(=O)OC(C)(C)C)C(=O)C(=O)OCC. The molecule has 0 aromatic rings. The quantitative estimate of drug-likeness (QED) is 0.589. The van der Waals surface area contributed by atoms with Crippen molar-refractivity contribution in [1.82, 2.24) is 5.32 Å². The van der Waals surface area contributed by atoms with E-state index in [-0.39, 0.29) is 6.61 Å². The summed E-state index contributed by atoms with van der Waals surface area (Å²) in [6, 6.07) is -0.904. The third kappa shape index (κ3) is 7.43. The van der Waals surface area contributed by atoms with Gasteiger partial charge in [0, 0.05) is 0 Å². The monoisotopic (exact) mass is 273 g/mol. The summed E-state index contributed by atoms with van der Waals surface area (Å²) in [7, 11) is 0. The second-order valence-electron chi connectivity index (χ2n) is 5.07. The van der Waals surface area contributed by atoms with Crippen molar-refractivity contribution in [3.05, 3.63) is 0 Å². The maximum atomic E-state index is 11.8. The zero-order chi connectivity index (χ0) is 15.1. The molecule has 0 saturated carbocycles. The summed E-state index contributed by atoms with van der Waals surface area (Å²) in [5.74, 6) is -1.69. The molecule has 0 radical (unpaired) electrons. The summed E-state index contributed by atoms with van der Waals surface area (Å²) in [5.41, 5.74) is -0.659. The van der Waals surface area contributed by atoms with Gasteiger partial charge in [-0.3, -0.25) is 4.79 Å². The summed E-state index contributed by atoms with van der Waals surface area (Å²) in [4.78, 5) is 34.7. The van der Waals surface area contributed by atoms with Crippen LogP contribution in [-0.2, 0) is 19.1 Å². The van der Waals surface area contributed by atoms with Crippen LogP contribution in [0.2, 0.25) is 0 Å². The van der Waals surface area contributed by atoms with E-state index >= 15 is 0 Å². The smallest absolute Gasteiger partial charge is 0.408 e. The van der Waals surface area contributed by atoms with E-state index in [1.165, 1.54) is 0 Å². The molecule has 0 aliphatic rings. The van der Waals surface area contributed by atoms with Crippen molar-refractivity contribution in [1.29, 1.82) is 0 Å². The van der Waals surface area contributed by atoms with Gasteiger partial charge in [-0.2, -0.15) is 0 Å². The second-order valence-corrected chi connectivity index (χ2v) is 5.07. The summed E-state index contributed by atoms with van der Waals surface area (Å²) >= 11 is 0. The number of hydrogen-bond acceptors (Lipinski definition) is 5. The molecule has 6 nitrogen and oxygen atoms in total. The Morgan fingerprint density at radius 2 is 1.74 bits per heavy atom. The van der Waals surface area contributed by atoms with Gasteiger partial charge in [-0.15, -0.1) is 0 Å². The lowest BCUT2D eigenvalue weighted by Crippen LogP contribution is -2.46. The van der Waals surface area contributed by atoms with Gasteiger partial charge >= 0.3 is 12.1 Å². The number of alkyl carbamates (subject to hydrolysis) is 1. The number of nitrogens with one attached hydrogen (secondary N) is 1. The molecule has 0 fully saturated rings. The lowest BCUT2D eigenvalue weighted by Gasteiger charge is -2.22. The van der Waals surface area contributed by atoms with Crippen LogP contribution in [0.3, 0.4) is 0 Å². The largest absolute Gasteiger partial charge is 0.460 e. The molecule has 0 bridgehead atoms. The van der Waals surface area contributed by atoms with Crippen molar-refractivity contribution in [2.45, 2.75) is 59.1 Å². The second kappa shape index (κ2) is 7.76. The fourth-order valence-corrected chi connectivity index (χ4v) is 1.35. The van der Waals surface area contributed by atoms with Crippen molar-refractivity contribution in [2.24, 2.45) is 0 Å². The van der Waals surface area contributed by atoms with E-state index in [4.69, 9.17) is 4.74 Å². The van der Waals surface area contributed by atoms with Crippen LogP contribution in [0.5, 0.6) is 0 Å². The Morgan fingerprint density at radius 3 is 2.16 bits per heavy atom. The minimum Gasteiger partial charge on any atom is -0.460 e. The average molecular weight is 273 g/mol. The number of rotatable bonds is 6. The van der Waals surface area contributed by atoms with Gasteiger partial charge in [0.25, 0.3) is 5.78 Å². The van der Waals surface area contributed by atoms with Gasteiger partial charge < -0.3 is 14.8 Å². The first-order valence-electron chi connectivity index (χ1n) is 6.41. The van der Waals surface area contributed by atoms with Crippen molar-refractivity contribution in [3.63, 3.8) is 0 Å². The number of carbonyl (C=O) groups excluding carboxylic acids is 3. The Morgan fingerprint density at radius 1 is 1.16 bits per heavy atom. The topological polar surface area (TPSA) is 81.7 Å². The van der Waals surface area contributed by atoms with E-state index in [0.29, 0.717) is 12.8 Å². The molecule has 0 unspecified atom stereocenters. The fraction of sp³-hybridized carbons (Fsp3) is 0.769. The number of hydrogen-bond donors (Lipinski definition) is 1. The number of ketones is 1. The zero-order valence-electron chi connectivity index (χ0n) is 12.2. The molecule has 0 heterocycles.